The van der Waals surface area contributed by atoms with E-state index in [1.807, 2.05) is 0 Å². The van der Waals surface area contributed by atoms with Crippen molar-refractivity contribution in [2.24, 2.45) is 5.92 Å². The van der Waals surface area contributed by atoms with Gasteiger partial charge in [0.2, 0.25) is 11.8 Å². The Hall–Kier alpha value is -2.35. The minimum atomic E-state index is -0.823. The summed E-state index contributed by atoms with van der Waals surface area (Å²) >= 11 is 1.71. The summed E-state index contributed by atoms with van der Waals surface area (Å²) in [7, 11) is 0. The van der Waals surface area contributed by atoms with E-state index in [0.717, 1.165) is 36.0 Å². The Balaban J connectivity index is 1.32. The van der Waals surface area contributed by atoms with Crippen LogP contribution in [0.5, 0.6) is 0 Å². The van der Waals surface area contributed by atoms with E-state index in [1.165, 1.54) is 28.3 Å². The summed E-state index contributed by atoms with van der Waals surface area (Å²) in [5.74, 6) is -3.09. The molecule has 1 aliphatic heterocycles. The molecule has 2 aliphatic rings. The summed E-state index contributed by atoms with van der Waals surface area (Å²) in [5.41, 5.74) is 1.34. The lowest BCUT2D eigenvalue weighted by Crippen LogP contribution is -2.37. The van der Waals surface area contributed by atoms with Crippen LogP contribution < -0.4 is 10.2 Å². The maximum atomic E-state index is 13.4. The highest BCUT2D eigenvalue weighted by atomic mass is 32.1. The molecule has 2 heterocycles. The monoisotopic (exact) mass is 405 g/mol. The van der Waals surface area contributed by atoms with Crippen LogP contribution in [0.15, 0.2) is 18.2 Å². The molecule has 1 aliphatic carbocycles. The van der Waals surface area contributed by atoms with Crippen molar-refractivity contribution < 1.29 is 18.4 Å². The third kappa shape index (κ3) is 3.92. The fourth-order valence-corrected chi connectivity index (χ4v) is 4.96. The predicted octanol–water partition coefficient (Wildman–Crippen LogP) is 3.01. The molecule has 2 amide bonds. The first-order valence-corrected chi connectivity index (χ1v) is 10.4. The molecule has 0 saturated carbocycles. The molecule has 0 radical (unpaired) electrons. The number of benzene rings is 1. The van der Waals surface area contributed by atoms with Crippen molar-refractivity contribution in [3.05, 3.63) is 45.4 Å². The molecule has 1 aromatic carbocycles. The Morgan fingerprint density at radius 1 is 1.21 bits per heavy atom. The minimum absolute atomic E-state index is 0.145. The number of nitrogens with one attached hydrogen (secondary N) is 1. The highest BCUT2D eigenvalue weighted by Gasteiger charge is 2.37. The maximum absolute atomic E-state index is 13.4. The summed E-state index contributed by atoms with van der Waals surface area (Å²) in [6.07, 6.45) is 5.48. The lowest BCUT2D eigenvalue weighted by Gasteiger charge is -2.17. The van der Waals surface area contributed by atoms with Crippen molar-refractivity contribution in [2.45, 2.75) is 38.5 Å². The van der Waals surface area contributed by atoms with Gasteiger partial charge < -0.3 is 10.2 Å². The van der Waals surface area contributed by atoms with E-state index in [4.69, 9.17) is 0 Å². The zero-order valence-corrected chi connectivity index (χ0v) is 16.2. The third-order valence-electron chi connectivity index (χ3n) is 5.21. The second-order valence-corrected chi connectivity index (χ2v) is 8.35. The predicted molar refractivity (Wildman–Crippen MR) is 102 cm³/mol. The number of halogens is 2. The first-order valence-electron chi connectivity index (χ1n) is 9.54. The number of carbonyl (C=O) groups excluding carboxylic acids is 2. The Labute approximate surface area is 165 Å². The number of amides is 2. The van der Waals surface area contributed by atoms with Gasteiger partial charge in [-0.2, -0.15) is 0 Å². The summed E-state index contributed by atoms with van der Waals surface area (Å²) < 4.78 is 26.8. The number of rotatable bonds is 5. The molecule has 1 N–H and O–H groups in total. The van der Waals surface area contributed by atoms with Gasteiger partial charge in [0.05, 0.1) is 10.7 Å². The van der Waals surface area contributed by atoms with Crippen molar-refractivity contribution >= 4 is 28.8 Å². The number of hydrogen-bond donors (Lipinski definition) is 1. The van der Waals surface area contributed by atoms with E-state index < -0.39 is 23.5 Å². The Kier molecular flexibility index (Phi) is 5.39. The number of aromatic nitrogens is 1. The number of anilines is 1. The molecule has 1 saturated heterocycles. The second kappa shape index (κ2) is 7.95. The van der Waals surface area contributed by atoms with Crippen molar-refractivity contribution in [1.29, 1.82) is 0 Å². The van der Waals surface area contributed by atoms with Gasteiger partial charge in [-0.15, -0.1) is 11.3 Å². The van der Waals surface area contributed by atoms with Crippen LogP contribution in [0.4, 0.5) is 14.5 Å². The number of carbonyl (C=O) groups is 2. The minimum Gasteiger partial charge on any atom is -0.355 e. The SMILES string of the molecule is O=C(NCCc1nc2c(s1)CCCC2)C1CCN(c2cc(F)cc(F)c2)C1=O. The molecule has 0 bridgehead atoms. The lowest BCUT2D eigenvalue weighted by atomic mass is 10.0. The fraction of sp³-hybridized carbons (Fsp3) is 0.450. The van der Waals surface area contributed by atoms with Gasteiger partial charge in [-0.3, -0.25) is 9.59 Å². The molecule has 0 spiro atoms. The van der Waals surface area contributed by atoms with Gasteiger partial charge in [-0.1, -0.05) is 0 Å². The zero-order valence-electron chi connectivity index (χ0n) is 15.3. The van der Waals surface area contributed by atoms with Crippen LogP contribution in [0.2, 0.25) is 0 Å². The van der Waals surface area contributed by atoms with E-state index in [9.17, 15) is 18.4 Å². The summed E-state index contributed by atoms with van der Waals surface area (Å²) in [6.45, 7) is 0.683. The highest BCUT2D eigenvalue weighted by molar-refractivity contribution is 7.11. The van der Waals surface area contributed by atoms with Gasteiger partial charge in [-0.05, 0) is 44.2 Å². The van der Waals surface area contributed by atoms with Crippen LogP contribution in [0.1, 0.15) is 34.8 Å². The van der Waals surface area contributed by atoms with E-state index >= 15 is 0 Å². The third-order valence-corrected chi connectivity index (χ3v) is 6.43. The van der Waals surface area contributed by atoms with Gasteiger partial charge in [0, 0.05) is 36.1 Å². The molecule has 148 valence electrons. The average molecular weight is 405 g/mol. The van der Waals surface area contributed by atoms with E-state index in [1.54, 1.807) is 11.3 Å². The number of fused-ring (bicyclic) bond motifs is 1. The van der Waals surface area contributed by atoms with Gasteiger partial charge in [-0.25, -0.2) is 13.8 Å². The number of hydrogen-bond acceptors (Lipinski definition) is 4. The summed E-state index contributed by atoms with van der Waals surface area (Å²) in [4.78, 5) is 32.2. The van der Waals surface area contributed by atoms with Crippen molar-refractivity contribution in [3.63, 3.8) is 0 Å². The molecule has 1 unspecified atom stereocenters. The molecule has 1 aromatic heterocycles. The molecule has 4 rings (SSSR count). The quantitative estimate of drug-likeness (QED) is 0.778. The van der Waals surface area contributed by atoms with Gasteiger partial charge in [0.1, 0.15) is 17.6 Å². The first kappa shape index (κ1) is 19.0. The van der Waals surface area contributed by atoms with Crippen LogP contribution >= 0.6 is 11.3 Å². The zero-order chi connectivity index (χ0) is 19.7. The molecule has 5 nitrogen and oxygen atoms in total. The molecular weight excluding hydrogens is 384 g/mol. The Morgan fingerprint density at radius 2 is 1.96 bits per heavy atom. The van der Waals surface area contributed by atoms with Crippen molar-refractivity contribution in [3.8, 4) is 0 Å². The Morgan fingerprint density at radius 3 is 2.71 bits per heavy atom. The van der Waals surface area contributed by atoms with Crippen molar-refractivity contribution in [1.82, 2.24) is 10.3 Å². The molecule has 8 heteroatoms. The molecule has 2 aromatic rings. The normalized spacial score (nSPS) is 19.0. The average Bonchev–Trinajstić information content (AvgIpc) is 3.23. The maximum Gasteiger partial charge on any atom is 0.239 e. The summed E-state index contributed by atoms with van der Waals surface area (Å²) in [5, 5.41) is 3.83. The van der Waals surface area contributed by atoms with Crippen LogP contribution in [-0.4, -0.2) is 29.9 Å². The van der Waals surface area contributed by atoms with Crippen LogP contribution in [-0.2, 0) is 28.9 Å². The molecule has 28 heavy (non-hydrogen) atoms. The fourth-order valence-electron chi connectivity index (χ4n) is 3.80. The van der Waals surface area contributed by atoms with E-state index in [0.29, 0.717) is 19.4 Å². The first-order chi connectivity index (χ1) is 13.5. The van der Waals surface area contributed by atoms with E-state index in [2.05, 4.69) is 10.3 Å². The van der Waals surface area contributed by atoms with Crippen LogP contribution in [0.25, 0.3) is 0 Å². The van der Waals surface area contributed by atoms with Crippen LogP contribution in [0.3, 0.4) is 0 Å². The van der Waals surface area contributed by atoms with Crippen molar-refractivity contribution in [2.75, 3.05) is 18.0 Å². The smallest absolute Gasteiger partial charge is 0.239 e. The molecule has 1 atom stereocenters. The second-order valence-electron chi connectivity index (χ2n) is 7.18. The van der Waals surface area contributed by atoms with Gasteiger partial charge in [0.25, 0.3) is 0 Å². The summed E-state index contributed by atoms with van der Waals surface area (Å²) in [6, 6.07) is 2.96. The standard InChI is InChI=1S/C20H21F2N3O2S/c21-12-9-13(22)11-14(10-12)25-8-6-15(20(25)27)19(26)23-7-5-18-24-16-3-1-2-4-17(16)28-18/h9-11,15H,1-8H2,(H,23,26). The number of nitrogens with zero attached hydrogens (tertiary/aromatic N) is 2. The number of thiazole rings is 1. The highest BCUT2D eigenvalue weighted by Crippen LogP contribution is 2.28. The molecular formula is C20H21F2N3O2S. The largest absolute Gasteiger partial charge is 0.355 e. The van der Waals surface area contributed by atoms with E-state index in [-0.39, 0.29) is 18.1 Å². The topological polar surface area (TPSA) is 62.3 Å². The van der Waals surface area contributed by atoms with Gasteiger partial charge in [0.15, 0.2) is 0 Å². The van der Waals surface area contributed by atoms with Crippen LogP contribution in [0, 0.1) is 17.6 Å². The lowest BCUT2D eigenvalue weighted by molar-refractivity contribution is -0.132. The Bertz CT molecular complexity index is 871. The number of aryl methyl sites for hydroxylation is 2. The van der Waals surface area contributed by atoms with Gasteiger partial charge >= 0.3 is 0 Å². The molecule has 1 fully saturated rings.